The Morgan fingerprint density at radius 1 is 1.12 bits per heavy atom. The average molecular weight is 441 g/mol. The van der Waals surface area contributed by atoms with E-state index in [4.69, 9.17) is 0 Å². The van der Waals surface area contributed by atoms with Crippen molar-refractivity contribution in [3.8, 4) is 0 Å². The Hall–Kier alpha value is -2.61. The van der Waals surface area contributed by atoms with E-state index >= 15 is 0 Å². The number of aromatic nitrogens is 3. The van der Waals surface area contributed by atoms with Crippen molar-refractivity contribution in [1.82, 2.24) is 24.6 Å². The zero-order valence-electron chi connectivity index (χ0n) is 19.4. The number of anilines is 1. The maximum atomic E-state index is 12.5. The van der Waals surface area contributed by atoms with Gasteiger partial charge in [-0.15, -0.1) is 0 Å². The number of rotatable bonds is 7. The third-order valence-corrected chi connectivity index (χ3v) is 6.60. The maximum Gasteiger partial charge on any atom is 0.346 e. The number of benzene rings is 1. The van der Waals surface area contributed by atoms with Gasteiger partial charge >= 0.3 is 5.69 Å². The molecule has 1 atom stereocenters. The molecule has 1 aromatic heterocycles. The first-order chi connectivity index (χ1) is 15.5. The SMILES string of the molecule is Cc1cccc(N2CCN(CCC(C)NC(=O)Cn3nc4n(c3=O)CCCCC4)CC2)c1. The predicted octanol–water partition coefficient (Wildman–Crippen LogP) is 1.80. The lowest BCUT2D eigenvalue weighted by Crippen LogP contribution is -2.47. The molecular formula is C24H36N6O2. The maximum absolute atomic E-state index is 12.5. The number of nitrogens with zero attached hydrogens (tertiary/aromatic N) is 5. The molecule has 8 nitrogen and oxygen atoms in total. The van der Waals surface area contributed by atoms with Crippen molar-refractivity contribution in [1.29, 1.82) is 0 Å². The molecular weight excluding hydrogens is 404 g/mol. The molecule has 2 aliphatic rings. The third-order valence-electron chi connectivity index (χ3n) is 6.60. The Bertz CT molecular complexity index is 973. The van der Waals surface area contributed by atoms with Crippen LogP contribution in [-0.2, 0) is 24.3 Å². The second-order valence-electron chi connectivity index (χ2n) is 9.24. The second kappa shape index (κ2) is 10.3. The van der Waals surface area contributed by atoms with Crippen LogP contribution in [0.5, 0.6) is 0 Å². The monoisotopic (exact) mass is 440 g/mol. The van der Waals surface area contributed by atoms with Crippen LogP contribution in [0.25, 0.3) is 0 Å². The van der Waals surface area contributed by atoms with Gasteiger partial charge in [0.1, 0.15) is 12.4 Å². The molecule has 0 saturated carbocycles. The molecule has 0 radical (unpaired) electrons. The lowest BCUT2D eigenvalue weighted by Gasteiger charge is -2.36. The number of carbonyl (C=O) groups is 1. The van der Waals surface area contributed by atoms with Gasteiger partial charge in [-0.1, -0.05) is 18.6 Å². The Balaban J connectivity index is 1.20. The van der Waals surface area contributed by atoms with E-state index in [0.717, 1.165) is 70.7 Å². The minimum atomic E-state index is -0.156. The number of amides is 1. The van der Waals surface area contributed by atoms with Crippen molar-refractivity contribution in [3.63, 3.8) is 0 Å². The number of nitrogens with one attached hydrogen (secondary N) is 1. The highest BCUT2D eigenvalue weighted by Crippen LogP contribution is 2.18. The fourth-order valence-corrected chi connectivity index (χ4v) is 4.69. The zero-order valence-corrected chi connectivity index (χ0v) is 19.4. The Labute approximate surface area is 190 Å². The van der Waals surface area contributed by atoms with Crippen molar-refractivity contribution in [2.24, 2.45) is 0 Å². The molecule has 1 aromatic carbocycles. The largest absolute Gasteiger partial charge is 0.369 e. The average Bonchev–Trinajstić information content (AvgIpc) is 2.93. The van der Waals surface area contributed by atoms with Gasteiger partial charge in [0.2, 0.25) is 5.91 Å². The minimum absolute atomic E-state index is 0.00165. The van der Waals surface area contributed by atoms with Crippen LogP contribution in [0, 0.1) is 6.92 Å². The number of piperazine rings is 1. The Kier molecular flexibility index (Phi) is 7.29. The van der Waals surface area contributed by atoms with E-state index in [1.165, 1.54) is 15.9 Å². The summed E-state index contributed by atoms with van der Waals surface area (Å²) in [5, 5.41) is 7.45. The standard InChI is InChI=1S/C24H36N6O2/c1-19-7-6-8-21(17-19)28-15-13-27(14-16-28)12-10-20(2)25-23(31)18-30-24(32)29-11-5-3-4-9-22(29)26-30/h6-8,17,20H,3-5,9-16,18H2,1-2H3,(H,25,31). The van der Waals surface area contributed by atoms with Gasteiger partial charge in [0.15, 0.2) is 0 Å². The summed E-state index contributed by atoms with van der Waals surface area (Å²) in [5.41, 5.74) is 2.44. The van der Waals surface area contributed by atoms with E-state index in [2.05, 4.69) is 51.4 Å². The Morgan fingerprint density at radius 3 is 2.72 bits per heavy atom. The quantitative estimate of drug-likeness (QED) is 0.711. The van der Waals surface area contributed by atoms with Crippen LogP contribution in [-0.4, -0.2) is 63.9 Å². The van der Waals surface area contributed by atoms with Crippen LogP contribution in [0.1, 0.15) is 44.0 Å². The Morgan fingerprint density at radius 2 is 1.94 bits per heavy atom. The molecule has 174 valence electrons. The molecule has 8 heteroatoms. The molecule has 32 heavy (non-hydrogen) atoms. The van der Waals surface area contributed by atoms with Gasteiger partial charge in [0.05, 0.1) is 0 Å². The van der Waals surface area contributed by atoms with Crippen molar-refractivity contribution in [2.75, 3.05) is 37.6 Å². The first-order valence-electron chi connectivity index (χ1n) is 12.0. The normalized spacial score (nSPS) is 18.1. The van der Waals surface area contributed by atoms with Crippen LogP contribution >= 0.6 is 0 Å². The van der Waals surface area contributed by atoms with Crippen molar-refractivity contribution >= 4 is 11.6 Å². The van der Waals surface area contributed by atoms with Gasteiger partial charge in [0.25, 0.3) is 0 Å². The van der Waals surface area contributed by atoms with Crippen LogP contribution in [0.2, 0.25) is 0 Å². The van der Waals surface area contributed by atoms with Crippen molar-refractivity contribution < 1.29 is 4.79 Å². The summed E-state index contributed by atoms with van der Waals surface area (Å²) in [6.07, 6.45) is 4.89. The van der Waals surface area contributed by atoms with E-state index in [0.29, 0.717) is 6.54 Å². The first-order valence-corrected chi connectivity index (χ1v) is 12.0. The fourth-order valence-electron chi connectivity index (χ4n) is 4.69. The smallest absolute Gasteiger partial charge is 0.346 e. The lowest BCUT2D eigenvalue weighted by molar-refractivity contribution is -0.122. The van der Waals surface area contributed by atoms with E-state index in [1.54, 1.807) is 4.57 Å². The highest BCUT2D eigenvalue weighted by atomic mass is 16.2. The second-order valence-corrected chi connectivity index (χ2v) is 9.24. The summed E-state index contributed by atoms with van der Waals surface area (Å²) in [6.45, 7) is 9.95. The molecule has 0 bridgehead atoms. The van der Waals surface area contributed by atoms with Gasteiger partial charge in [-0.05, 0) is 50.8 Å². The molecule has 1 amide bonds. The topological polar surface area (TPSA) is 75.4 Å². The first kappa shape index (κ1) is 22.6. The highest BCUT2D eigenvalue weighted by Gasteiger charge is 2.20. The van der Waals surface area contributed by atoms with E-state index in [-0.39, 0.29) is 24.2 Å². The van der Waals surface area contributed by atoms with E-state index in [1.807, 2.05) is 6.92 Å². The molecule has 2 aliphatic heterocycles. The molecule has 1 N–H and O–H groups in total. The number of hydrogen-bond acceptors (Lipinski definition) is 5. The van der Waals surface area contributed by atoms with Crippen LogP contribution < -0.4 is 15.9 Å². The van der Waals surface area contributed by atoms with Crippen molar-refractivity contribution in [2.45, 2.75) is 65.1 Å². The van der Waals surface area contributed by atoms with Crippen LogP contribution in [0.4, 0.5) is 5.69 Å². The highest BCUT2D eigenvalue weighted by molar-refractivity contribution is 5.75. The van der Waals surface area contributed by atoms with Gasteiger partial charge in [-0.3, -0.25) is 14.3 Å². The van der Waals surface area contributed by atoms with Crippen LogP contribution in [0.15, 0.2) is 29.1 Å². The summed E-state index contributed by atoms with van der Waals surface area (Å²) in [6, 6.07) is 8.75. The van der Waals surface area contributed by atoms with Crippen LogP contribution in [0.3, 0.4) is 0 Å². The third kappa shape index (κ3) is 5.59. The summed E-state index contributed by atoms with van der Waals surface area (Å²) >= 11 is 0. The molecule has 1 saturated heterocycles. The lowest BCUT2D eigenvalue weighted by atomic mass is 10.1. The summed E-state index contributed by atoms with van der Waals surface area (Å²) in [5.74, 6) is 0.676. The van der Waals surface area contributed by atoms with Gasteiger partial charge in [-0.25, -0.2) is 9.48 Å². The number of hydrogen-bond donors (Lipinski definition) is 1. The summed E-state index contributed by atoms with van der Waals surface area (Å²) in [4.78, 5) is 29.9. The fraction of sp³-hybridized carbons (Fsp3) is 0.625. The molecule has 2 aromatic rings. The van der Waals surface area contributed by atoms with E-state index in [9.17, 15) is 9.59 Å². The number of carbonyl (C=O) groups excluding carboxylic acids is 1. The van der Waals surface area contributed by atoms with Gasteiger partial charge in [0, 0.05) is 57.4 Å². The summed E-state index contributed by atoms with van der Waals surface area (Å²) < 4.78 is 3.06. The van der Waals surface area contributed by atoms with Crippen molar-refractivity contribution in [3.05, 3.63) is 46.1 Å². The molecule has 0 spiro atoms. The molecule has 1 fully saturated rings. The van der Waals surface area contributed by atoms with Gasteiger partial charge in [-0.2, -0.15) is 5.10 Å². The zero-order chi connectivity index (χ0) is 22.5. The number of aryl methyl sites for hydroxylation is 2. The number of fused-ring (bicyclic) bond motifs is 1. The summed E-state index contributed by atoms with van der Waals surface area (Å²) in [7, 11) is 0. The molecule has 3 heterocycles. The predicted molar refractivity (Wildman–Crippen MR) is 126 cm³/mol. The van der Waals surface area contributed by atoms with Gasteiger partial charge < -0.3 is 10.2 Å². The minimum Gasteiger partial charge on any atom is -0.369 e. The molecule has 4 rings (SSSR count). The molecule has 0 aliphatic carbocycles. The molecule has 1 unspecified atom stereocenters. The van der Waals surface area contributed by atoms with E-state index < -0.39 is 0 Å².